The van der Waals surface area contributed by atoms with Gasteiger partial charge in [-0.2, -0.15) is 10.1 Å². The van der Waals surface area contributed by atoms with Crippen LogP contribution in [-0.4, -0.2) is 32.5 Å². The lowest BCUT2D eigenvalue weighted by Crippen LogP contribution is -2.40. The highest BCUT2D eigenvalue weighted by Gasteiger charge is 2.67. The minimum Gasteiger partial charge on any atom is -0.317 e. The smallest absolute Gasteiger partial charge is 0.271 e. The van der Waals surface area contributed by atoms with Gasteiger partial charge in [-0.05, 0) is 62.5 Å². The van der Waals surface area contributed by atoms with E-state index in [0.717, 1.165) is 39.6 Å². The first-order valence-corrected chi connectivity index (χ1v) is 11.3. The minimum absolute atomic E-state index is 0.0236. The molecule has 1 aromatic heterocycles. The van der Waals surface area contributed by atoms with Crippen molar-refractivity contribution >= 4 is 23.7 Å². The molecule has 168 valence electrons. The van der Waals surface area contributed by atoms with Crippen LogP contribution < -0.4 is 0 Å². The van der Waals surface area contributed by atoms with Crippen molar-refractivity contribution < 1.29 is 14.5 Å². The molecule has 0 unspecified atom stereocenters. The highest BCUT2D eigenvalue weighted by atomic mass is 16.6. The highest BCUT2D eigenvalue weighted by molar-refractivity contribution is 6.06. The number of rotatable bonds is 4. The maximum Gasteiger partial charge on any atom is 0.271 e. The van der Waals surface area contributed by atoms with Crippen LogP contribution in [0.25, 0.3) is 5.69 Å². The summed E-state index contributed by atoms with van der Waals surface area (Å²) in [6.07, 6.45) is 6.98. The molecule has 33 heavy (non-hydrogen) atoms. The van der Waals surface area contributed by atoms with Gasteiger partial charge in [0.1, 0.15) is 0 Å². The second kappa shape index (κ2) is 6.73. The van der Waals surface area contributed by atoms with Crippen LogP contribution in [0.4, 0.5) is 5.69 Å². The van der Waals surface area contributed by atoms with Gasteiger partial charge in [-0.25, -0.2) is 0 Å². The Labute approximate surface area is 190 Å². The zero-order chi connectivity index (χ0) is 23.2. The van der Waals surface area contributed by atoms with E-state index in [1.54, 1.807) is 18.3 Å². The predicted octanol–water partition coefficient (Wildman–Crippen LogP) is 3.70. The van der Waals surface area contributed by atoms with Gasteiger partial charge in [-0.1, -0.05) is 18.2 Å². The maximum absolute atomic E-state index is 13.1. The molecule has 1 aromatic carbocycles. The standard InChI is InChI=1S/C25H24N4O4/c1-12-4-5-16(29(32)33)9-21(12)27-13(2)8-15(14(27)3)11-26-28-24(30)22-17-6-7-18(20-10-19(17)20)23(22)25(28)31/h4-9,11,17-20,22-23H,10H2,1-3H3/b26-11-/t17-,18-,19-,20+,22+,23+/m0/s1. The average molecular weight is 444 g/mol. The molecule has 0 spiro atoms. The average Bonchev–Trinajstić information content (AvgIpc) is 3.51. The fraction of sp³-hybridized carbons (Fsp3) is 0.400. The molecule has 4 aliphatic carbocycles. The van der Waals surface area contributed by atoms with Crippen molar-refractivity contribution in [2.75, 3.05) is 0 Å². The van der Waals surface area contributed by atoms with Crippen LogP contribution in [0.3, 0.4) is 0 Å². The molecule has 2 amide bonds. The van der Waals surface area contributed by atoms with E-state index in [1.165, 1.54) is 6.07 Å². The lowest BCUT2D eigenvalue weighted by Gasteiger charge is -2.37. The van der Waals surface area contributed by atoms with Crippen LogP contribution >= 0.6 is 0 Å². The predicted molar refractivity (Wildman–Crippen MR) is 121 cm³/mol. The second-order valence-corrected chi connectivity index (χ2v) is 9.78. The van der Waals surface area contributed by atoms with Crippen molar-refractivity contribution in [2.45, 2.75) is 27.2 Å². The number of allylic oxidation sites excluding steroid dienone is 2. The first kappa shape index (κ1) is 20.1. The van der Waals surface area contributed by atoms with Gasteiger partial charge in [0, 0.05) is 29.1 Å². The Balaban J connectivity index is 1.32. The molecular formula is C25H24N4O4. The first-order chi connectivity index (χ1) is 15.8. The summed E-state index contributed by atoms with van der Waals surface area (Å²) < 4.78 is 1.94. The third-order valence-electron chi connectivity index (χ3n) is 8.07. The first-order valence-electron chi connectivity index (χ1n) is 11.3. The number of carbonyl (C=O) groups is 2. The fourth-order valence-electron chi connectivity index (χ4n) is 6.42. The van der Waals surface area contributed by atoms with E-state index in [9.17, 15) is 19.7 Å². The zero-order valence-electron chi connectivity index (χ0n) is 18.6. The molecule has 2 aromatic rings. The number of nitro groups is 1. The van der Waals surface area contributed by atoms with Gasteiger partial charge in [0.25, 0.3) is 17.5 Å². The molecule has 0 N–H and O–H groups in total. The topological polar surface area (TPSA) is 97.8 Å². The zero-order valence-corrected chi connectivity index (χ0v) is 18.6. The Bertz CT molecular complexity index is 1270. The number of imide groups is 1. The molecular weight excluding hydrogens is 420 g/mol. The Morgan fingerprint density at radius 3 is 2.27 bits per heavy atom. The number of carbonyl (C=O) groups excluding carboxylic acids is 2. The number of non-ortho nitro benzene ring substituents is 1. The molecule has 1 saturated heterocycles. The summed E-state index contributed by atoms with van der Waals surface area (Å²) in [7, 11) is 0. The van der Waals surface area contributed by atoms with Crippen LogP contribution in [0.5, 0.6) is 0 Å². The van der Waals surface area contributed by atoms with Crippen molar-refractivity contribution in [3.8, 4) is 5.69 Å². The van der Waals surface area contributed by atoms with Gasteiger partial charge < -0.3 is 4.57 Å². The van der Waals surface area contributed by atoms with Crippen molar-refractivity contribution in [2.24, 2.45) is 40.6 Å². The molecule has 3 fully saturated rings. The van der Waals surface area contributed by atoms with Crippen LogP contribution in [0, 0.1) is 66.4 Å². The van der Waals surface area contributed by atoms with Gasteiger partial charge in [0.2, 0.25) is 0 Å². The summed E-state index contributed by atoms with van der Waals surface area (Å²) in [5, 5.41) is 16.7. The number of benzene rings is 1. The number of aromatic nitrogens is 1. The van der Waals surface area contributed by atoms with E-state index in [1.807, 2.05) is 31.4 Å². The number of nitro benzene ring substituents is 1. The molecule has 6 atom stereocenters. The quantitative estimate of drug-likeness (QED) is 0.236. The summed E-state index contributed by atoms with van der Waals surface area (Å²) in [5.74, 6) is 0.537. The number of amides is 2. The van der Waals surface area contributed by atoms with Gasteiger partial charge in [0.15, 0.2) is 0 Å². The Hall–Kier alpha value is -3.55. The molecule has 0 radical (unpaired) electrons. The Morgan fingerprint density at radius 2 is 1.67 bits per heavy atom. The largest absolute Gasteiger partial charge is 0.317 e. The minimum atomic E-state index is -0.407. The summed E-state index contributed by atoms with van der Waals surface area (Å²) >= 11 is 0. The number of hydrazone groups is 1. The number of hydrogen-bond acceptors (Lipinski definition) is 5. The lowest BCUT2D eigenvalue weighted by molar-refractivity contribution is -0.384. The lowest BCUT2D eigenvalue weighted by atomic mass is 9.63. The van der Waals surface area contributed by atoms with Crippen LogP contribution in [0.15, 0.2) is 41.5 Å². The van der Waals surface area contributed by atoms with Crippen LogP contribution in [-0.2, 0) is 9.59 Å². The number of aryl methyl sites for hydroxylation is 2. The normalized spacial score (nSPS) is 31.4. The molecule has 2 heterocycles. The van der Waals surface area contributed by atoms with Crippen LogP contribution in [0.2, 0.25) is 0 Å². The van der Waals surface area contributed by atoms with Crippen LogP contribution in [0.1, 0.15) is 28.9 Å². The molecule has 8 heteroatoms. The van der Waals surface area contributed by atoms with E-state index >= 15 is 0 Å². The molecule has 2 bridgehead atoms. The number of nitrogens with zero attached hydrogens (tertiary/aromatic N) is 4. The van der Waals surface area contributed by atoms with E-state index in [-0.39, 0.29) is 41.2 Å². The van der Waals surface area contributed by atoms with Crippen molar-refractivity contribution in [3.63, 3.8) is 0 Å². The van der Waals surface area contributed by atoms with Crippen molar-refractivity contribution in [1.82, 2.24) is 9.58 Å². The molecule has 2 saturated carbocycles. The summed E-state index contributed by atoms with van der Waals surface area (Å²) in [6.45, 7) is 5.72. The Morgan fingerprint density at radius 1 is 1.03 bits per heavy atom. The van der Waals surface area contributed by atoms with E-state index in [4.69, 9.17) is 0 Å². The second-order valence-electron chi connectivity index (χ2n) is 9.78. The third kappa shape index (κ3) is 2.73. The third-order valence-corrected chi connectivity index (χ3v) is 8.07. The van der Waals surface area contributed by atoms with E-state index in [2.05, 4.69) is 17.3 Å². The molecule has 8 nitrogen and oxygen atoms in total. The Kier molecular flexibility index (Phi) is 4.09. The van der Waals surface area contributed by atoms with E-state index in [0.29, 0.717) is 11.8 Å². The monoisotopic (exact) mass is 444 g/mol. The molecule has 5 aliphatic rings. The van der Waals surface area contributed by atoms with Gasteiger partial charge in [-0.3, -0.25) is 19.7 Å². The number of hydrogen-bond donors (Lipinski definition) is 0. The SMILES string of the molecule is Cc1ccc([N+](=O)[O-])cc1-n1c(C)cc(/C=N\N2C(=O)[C@@H]3[C@H]4C=C[C@@H]([C@@H]5C[C@H]45)[C@H]3C2=O)c1C. The fourth-order valence-corrected chi connectivity index (χ4v) is 6.42. The maximum atomic E-state index is 13.1. The van der Waals surface area contributed by atoms with Gasteiger partial charge >= 0.3 is 0 Å². The van der Waals surface area contributed by atoms with Gasteiger partial charge in [-0.15, -0.1) is 0 Å². The summed E-state index contributed by atoms with van der Waals surface area (Å²) in [6, 6.07) is 6.69. The highest BCUT2D eigenvalue weighted by Crippen LogP contribution is 2.65. The van der Waals surface area contributed by atoms with Crippen molar-refractivity contribution in [1.29, 1.82) is 0 Å². The van der Waals surface area contributed by atoms with Crippen molar-refractivity contribution in [3.05, 3.63) is 69.0 Å². The summed E-state index contributed by atoms with van der Waals surface area (Å²) in [4.78, 5) is 37.1. The summed E-state index contributed by atoms with van der Waals surface area (Å²) in [5.41, 5.74) is 4.13. The van der Waals surface area contributed by atoms with Gasteiger partial charge in [0.05, 0.1) is 28.7 Å². The van der Waals surface area contributed by atoms with E-state index < -0.39 is 4.92 Å². The molecule has 7 rings (SSSR count). The molecule has 1 aliphatic heterocycles.